The van der Waals surface area contributed by atoms with E-state index in [1.807, 2.05) is 0 Å². The van der Waals surface area contributed by atoms with Gasteiger partial charge in [-0.05, 0) is 0 Å². The van der Waals surface area contributed by atoms with E-state index < -0.39 is 109 Å². The van der Waals surface area contributed by atoms with E-state index in [4.69, 9.17) is 42.6 Å². The number of carbonyl (C=O) groups excluding carboxylic acids is 7. The van der Waals surface area contributed by atoms with Gasteiger partial charge in [0.15, 0.2) is 36.8 Å². The van der Waals surface area contributed by atoms with Gasteiger partial charge in [0.05, 0.1) is 0 Å². The van der Waals surface area contributed by atoms with E-state index in [2.05, 4.69) is 5.32 Å². The summed E-state index contributed by atoms with van der Waals surface area (Å²) in [6.45, 7) is 7.55. The van der Waals surface area contributed by atoms with Crippen LogP contribution in [0.25, 0.3) is 0 Å². The van der Waals surface area contributed by atoms with Crippen LogP contribution in [0.3, 0.4) is 0 Å². The molecule has 2 saturated heterocycles. The molecule has 0 aliphatic carbocycles. The van der Waals surface area contributed by atoms with Crippen LogP contribution in [0.4, 0.5) is 0 Å². The van der Waals surface area contributed by atoms with Gasteiger partial charge in [0.1, 0.15) is 30.3 Å². The van der Waals surface area contributed by atoms with Crippen LogP contribution in [0.15, 0.2) is 0 Å². The summed E-state index contributed by atoms with van der Waals surface area (Å²) in [5.74, 6) is -5.12. The molecule has 1 N–H and O–H groups in total. The topological polar surface area (TPSA) is 215 Å². The third kappa shape index (κ3) is 11.4. The van der Waals surface area contributed by atoms with Crippen molar-refractivity contribution in [1.29, 1.82) is 0 Å². The first-order valence-electron chi connectivity index (χ1n) is 13.8. The average Bonchev–Trinajstić information content (AvgIpc) is 2.90. The summed E-state index contributed by atoms with van der Waals surface area (Å²) in [6, 6.07) is -1.12. The molecular weight excluding hydrogens is 626 g/mol. The number of hydrogen-bond donors (Lipinski definition) is 1. The zero-order chi connectivity index (χ0) is 34.0. The summed E-state index contributed by atoms with van der Waals surface area (Å²) < 4.78 is 49.8. The molecule has 45 heavy (non-hydrogen) atoms. The predicted molar refractivity (Wildman–Crippen MR) is 149 cm³/mol. The zero-order valence-electron chi connectivity index (χ0n) is 26.1. The van der Waals surface area contributed by atoms with Crippen molar-refractivity contribution in [1.82, 2.24) is 5.32 Å². The standard InChI is InChI=1S/C27H39NO16S/c1-11(29)28-20-23(40-15(5)33)21(38-13(3)31)18(9-37-12(2)30)44-27(20)45-10-19-22(39-14(4)32)24(41-16(6)34)25(42-17(7)35)26(36-8)43-19/h18-27H,9-10H2,1-8H3,(H,28,29)/t18-,19-,20-,21-,22-,23-,24+,25-,26+,27+/m1/s1. The fourth-order valence-electron chi connectivity index (χ4n) is 4.80. The van der Waals surface area contributed by atoms with Gasteiger partial charge < -0.3 is 47.9 Å². The van der Waals surface area contributed by atoms with Gasteiger partial charge in [0.25, 0.3) is 0 Å². The number of esters is 6. The summed E-state index contributed by atoms with van der Waals surface area (Å²) in [7, 11) is 1.26. The van der Waals surface area contributed by atoms with Crippen molar-refractivity contribution < 1.29 is 76.2 Å². The molecule has 0 unspecified atom stereocenters. The Morgan fingerprint density at radius 3 is 1.53 bits per heavy atom. The van der Waals surface area contributed by atoms with Crippen LogP contribution in [-0.2, 0) is 76.2 Å². The van der Waals surface area contributed by atoms with Gasteiger partial charge >= 0.3 is 35.8 Å². The summed E-state index contributed by atoms with van der Waals surface area (Å²) >= 11 is 0.994. The van der Waals surface area contributed by atoms with Crippen molar-refractivity contribution in [3.8, 4) is 0 Å². The Hall–Kier alpha value is -3.48. The monoisotopic (exact) mass is 665 g/mol. The molecular formula is C27H39NO16S. The normalized spacial score (nSPS) is 31.0. The van der Waals surface area contributed by atoms with E-state index in [1.54, 1.807) is 0 Å². The second-order valence-corrected chi connectivity index (χ2v) is 11.2. The van der Waals surface area contributed by atoms with E-state index in [0.717, 1.165) is 53.3 Å². The Balaban J connectivity index is 2.51. The van der Waals surface area contributed by atoms with Gasteiger partial charge in [0, 0.05) is 61.3 Å². The number of ether oxygens (including phenoxy) is 9. The van der Waals surface area contributed by atoms with Crippen LogP contribution in [0.5, 0.6) is 0 Å². The number of methoxy groups -OCH3 is 1. The lowest BCUT2D eigenvalue weighted by molar-refractivity contribution is -0.294. The molecule has 2 aliphatic heterocycles. The third-order valence-electron chi connectivity index (χ3n) is 6.23. The molecule has 1 amide bonds. The first-order chi connectivity index (χ1) is 21.0. The van der Waals surface area contributed by atoms with Crippen molar-refractivity contribution in [2.75, 3.05) is 19.5 Å². The molecule has 2 fully saturated rings. The highest BCUT2D eigenvalue weighted by molar-refractivity contribution is 7.99. The second-order valence-electron chi connectivity index (χ2n) is 10.1. The van der Waals surface area contributed by atoms with E-state index in [1.165, 1.54) is 14.0 Å². The highest BCUT2D eigenvalue weighted by Crippen LogP contribution is 2.36. The first-order valence-corrected chi connectivity index (χ1v) is 14.8. The Bertz CT molecular complexity index is 1120. The molecule has 18 heteroatoms. The number of nitrogens with one attached hydrogen (secondary N) is 1. The van der Waals surface area contributed by atoms with Crippen molar-refractivity contribution in [2.45, 2.75) is 109 Å². The van der Waals surface area contributed by atoms with E-state index in [9.17, 15) is 33.6 Å². The Morgan fingerprint density at radius 2 is 1.07 bits per heavy atom. The first kappa shape index (κ1) is 37.7. The molecule has 254 valence electrons. The van der Waals surface area contributed by atoms with E-state index in [-0.39, 0.29) is 5.75 Å². The maximum atomic E-state index is 12.3. The summed E-state index contributed by atoms with van der Waals surface area (Å²) in [6.07, 6.45) is -10.1. The fraction of sp³-hybridized carbons (Fsp3) is 0.741. The molecule has 0 saturated carbocycles. The second kappa shape index (κ2) is 17.3. The fourth-order valence-corrected chi connectivity index (χ4v) is 6.10. The van der Waals surface area contributed by atoms with Crippen molar-refractivity contribution in [3.63, 3.8) is 0 Å². The summed E-state index contributed by atoms with van der Waals surface area (Å²) in [4.78, 5) is 84.0. The number of rotatable bonds is 12. The van der Waals surface area contributed by atoms with Gasteiger partial charge in [-0.3, -0.25) is 33.6 Å². The lowest BCUT2D eigenvalue weighted by atomic mass is 9.97. The number of thioether (sulfide) groups is 1. The smallest absolute Gasteiger partial charge is 0.303 e. The molecule has 2 aliphatic rings. The van der Waals surface area contributed by atoms with Crippen LogP contribution in [0, 0.1) is 0 Å². The van der Waals surface area contributed by atoms with Crippen LogP contribution < -0.4 is 5.32 Å². The lowest BCUT2D eigenvalue weighted by Crippen LogP contribution is -2.66. The van der Waals surface area contributed by atoms with E-state index >= 15 is 0 Å². The largest absolute Gasteiger partial charge is 0.463 e. The Morgan fingerprint density at radius 1 is 0.600 bits per heavy atom. The third-order valence-corrected chi connectivity index (χ3v) is 7.48. The van der Waals surface area contributed by atoms with Gasteiger partial charge in [-0.25, -0.2) is 0 Å². The van der Waals surface area contributed by atoms with Crippen LogP contribution in [0.1, 0.15) is 48.5 Å². The minimum atomic E-state index is -1.35. The van der Waals surface area contributed by atoms with Crippen molar-refractivity contribution in [2.24, 2.45) is 0 Å². The summed E-state index contributed by atoms with van der Waals surface area (Å²) in [5, 5.41) is 2.65. The molecule has 0 aromatic heterocycles. The molecule has 2 rings (SSSR count). The Kier molecular flexibility index (Phi) is 14.5. The maximum Gasteiger partial charge on any atom is 0.303 e. The lowest BCUT2D eigenvalue weighted by Gasteiger charge is -2.46. The van der Waals surface area contributed by atoms with E-state index in [0.29, 0.717) is 0 Å². The molecule has 10 atom stereocenters. The van der Waals surface area contributed by atoms with Crippen LogP contribution in [0.2, 0.25) is 0 Å². The van der Waals surface area contributed by atoms with Crippen molar-refractivity contribution in [3.05, 3.63) is 0 Å². The van der Waals surface area contributed by atoms with Gasteiger partial charge in [0.2, 0.25) is 5.91 Å². The van der Waals surface area contributed by atoms with Crippen LogP contribution >= 0.6 is 11.8 Å². The molecule has 0 radical (unpaired) electrons. The number of amides is 1. The van der Waals surface area contributed by atoms with Gasteiger partial charge in [-0.1, -0.05) is 0 Å². The molecule has 2 heterocycles. The molecule has 0 spiro atoms. The van der Waals surface area contributed by atoms with Crippen molar-refractivity contribution >= 4 is 53.5 Å². The predicted octanol–water partition coefficient (Wildman–Crippen LogP) is -0.458. The van der Waals surface area contributed by atoms with Gasteiger partial charge in [-0.15, -0.1) is 11.8 Å². The number of carbonyl (C=O) groups is 7. The van der Waals surface area contributed by atoms with Crippen LogP contribution in [-0.4, -0.2) is 122 Å². The Labute approximate surface area is 263 Å². The highest BCUT2D eigenvalue weighted by Gasteiger charge is 2.54. The quantitative estimate of drug-likeness (QED) is 0.206. The molecule has 0 bridgehead atoms. The highest BCUT2D eigenvalue weighted by atomic mass is 32.2. The number of hydrogen-bond acceptors (Lipinski definition) is 17. The van der Waals surface area contributed by atoms with Gasteiger partial charge in [-0.2, -0.15) is 0 Å². The average molecular weight is 666 g/mol. The summed E-state index contributed by atoms with van der Waals surface area (Å²) in [5.41, 5.74) is -1.08. The SMILES string of the molecule is CO[C@H]1O[C@H](CS[C@@H]2O[C@H](COC(C)=O)[C@@H](OC(C)=O)[C@H](OC(C)=O)[C@H]2NC(C)=O)[C@@H](OC(C)=O)[C@H](OC(C)=O)[C@H]1OC(C)=O. The maximum absolute atomic E-state index is 12.3. The molecule has 17 nitrogen and oxygen atoms in total. The molecule has 0 aromatic carbocycles. The minimum absolute atomic E-state index is 0.103. The zero-order valence-corrected chi connectivity index (χ0v) is 26.9. The minimum Gasteiger partial charge on any atom is -0.463 e. The molecule has 0 aromatic rings.